The first-order valence-electron chi connectivity index (χ1n) is 30.0. The number of carbonyl (C=O) groups is 5. The molecule has 0 saturated heterocycles. The van der Waals surface area contributed by atoms with Crippen LogP contribution in [0.2, 0.25) is 25.1 Å². The number of carboxylic acid groups (broad SMARTS) is 1. The van der Waals surface area contributed by atoms with Crippen LogP contribution in [-0.2, 0) is 47.0 Å². The number of hydrogen-bond donors (Lipinski definition) is 4. The molecule has 0 bridgehead atoms. The molecule has 22 nitrogen and oxygen atoms in total. The number of ether oxygens (including phenoxy) is 1. The molecule has 5 heterocycles. The fraction of sp³-hybridized carbons (Fsp3) is 0.110. The molecule has 5 aromatic carbocycles. The number of aliphatic hydroxyl groups excluding tert-OH is 1. The zero-order valence-electron chi connectivity index (χ0n) is 56.9. The number of primary amides is 1. The van der Waals surface area contributed by atoms with E-state index in [1.807, 2.05) is 84.9 Å². The number of amides is 2. The summed E-state index contributed by atoms with van der Waals surface area (Å²) in [5.41, 5.74) is 13.1. The zero-order chi connectivity index (χ0) is 80.4. The minimum absolute atomic E-state index is 0. The number of nitrogens with zero attached hydrogens (tertiary/aromatic N) is 10. The molecule has 0 atom stereocenters. The summed E-state index contributed by atoms with van der Waals surface area (Å²) >= 11 is 41.1. The molecule has 0 aliphatic carbocycles. The van der Waals surface area contributed by atoms with Gasteiger partial charge in [0.2, 0.25) is 37.7 Å². The smallest absolute Gasteiger partial charge is 0.374 e. The Hall–Kier alpha value is -8.88. The van der Waals surface area contributed by atoms with Crippen LogP contribution in [0, 0.1) is 32.9 Å². The molecule has 110 heavy (non-hydrogen) atoms. The first-order chi connectivity index (χ1) is 52.3. The molecule has 2 amide bonds. The Labute approximate surface area is 703 Å². The molecule has 37 heteroatoms. The summed E-state index contributed by atoms with van der Waals surface area (Å²) in [6, 6.07) is 52.1. The van der Waals surface area contributed by atoms with Crippen LogP contribution < -0.4 is 11.1 Å². The van der Waals surface area contributed by atoms with Crippen molar-refractivity contribution in [2.24, 2.45) is 5.73 Å². The van der Waals surface area contributed by atoms with Crippen molar-refractivity contribution in [1.82, 2.24) is 30.2 Å². The number of aromatic nitrogens is 5. The molecule has 0 unspecified atom stereocenters. The van der Waals surface area contributed by atoms with E-state index in [1.54, 1.807) is 67.7 Å². The van der Waals surface area contributed by atoms with E-state index >= 15 is 0 Å². The Bertz CT molecular complexity index is 4600. The van der Waals surface area contributed by atoms with Crippen LogP contribution in [0.15, 0.2) is 207 Å². The lowest BCUT2D eigenvalue weighted by atomic mass is 10.2. The quantitative estimate of drug-likeness (QED) is 0.0239. The van der Waals surface area contributed by atoms with Crippen LogP contribution in [0.25, 0.3) is 24.2 Å². The summed E-state index contributed by atoms with van der Waals surface area (Å²) in [5.74, 6) is -0.108. The predicted molar refractivity (Wildman–Crippen MR) is 446 cm³/mol. The number of thioether (sulfide) groups is 5. The lowest BCUT2D eigenvalue weighted by molar-refractivity contribution is 0.0591. The molecule has 5 aromatic heterocycles. The number of carboxylic acids is 1. The maximum absolute atomic E-state index is 11.6. The predicted octanol–water partition coefficient (Wildman–Crippen LogP) is 22.5. The van der Waals surface area contributed by atoms with Crippen LogP contribution in [0.4, 0.5) is 28.4 Å². The summed E-state index contributed by atoms with van der Waals surface area (Å²) in [6.45, 7) is 35.7. The van der Waals surface area contributed by atoms with Gasteiger partial charge in [-0.15, -0.1) is 71.2 Å². The fourth-order valence-corrected chi connectivity index (χ4v) is 13.0. The van der Waals surface area contributed by atoms with Gasteiger partial charge < -0.3 is 30.3 Å². The molecule has 0 saturated carbocycles. The minimum atomic E-state index is -1.67. The molecule has 10 aromatic rings. The van der Waals surface area contributed by atoms with Crippen molar-refractivity contribution in [1.29, 1.82) is 0 Å². The first kappa shape index (κ1) is 95.3. The summed E-state index contributed by atoms with van der Waals surface area (Å²) in [6.07, 6.45) is 0. The number of carbonyl (C=O) groups excluding carboxylic acids is 4. The fourth-order valence-electron chi connectivity index (χ4n) is 7.67. The second-order valence-corrected chi connectivity index (χ2v) is 29.7. The zero-order valence-corrected chi connectivity index (χ0v) is 68.7. The average Bonchev–Trinajstić information content (AvgIpc) is 0.866. The third kappa shape index (κ3) is 34.2. The Kier molecular flexibility index (Phi) is 45.3. The molecule has 10 rings (SSSR count). The van der Waals surface area contributed by atoms with Crippen molar-refractivity contribution >= 4 is 230 Å². The van der Waals surface area contributed by atoms with E-state index in [0.29, 0.717) is 113 Å². The van der Waals surface area contributed by atoms with Crippen molar-refractivity contribution in [3.63, 3.8) is 0 Å². The number of pyridine rings is 5. The topological polar surface area (TPSA) is 286 Å². The third-order valence-corrected chi connectivity index (χ3v) is 19.5. The highest BCUT2D eigenvalue weighted by Crippen LogP contribution is 2.36. The Morgan fingerprint density at radius 1 is 0.427 bits per heavy atom. The molecule has 568 valence electrons. The van der Waals surface area contributed by atoms with Gasteiger partial charge >= 0.3 is 17.9 Å². The van der Waals surface area contributed by atoms with E-state index in [4.69, 9.17) is 123 Å². The number of aliphatic hydroxyl groups is 1. The number of nitrogens with two attached hydrogens (primary N) is 1. The molecular weight excluding hydrogens is 1720 g/mol. The van der Waals surface area contributed by atoms with Crippen molar-refractivity contribution in [3.05, 3.63) is 320 Å². The molecule has 0 radical (unpaired) electrons. The number of rotatable bonds is 20. The first-order valence-corrected chi connectivity index (χ1v) is 39.9. The van der Waals surface area contributed by atoms with Gasteiger partial charge in [-0.3, -0.25) is 9.59 Å². The Balaban J connectivity index is 0.000000460. The summed E-state index contributed by atoms with van der Waals surface area (Å²) in [5, 5.41) is 24.3. The second kappa shape index (κ2) is 52.3. The van der Waals surface area contributed by atoms with Crippen LogP contribution >= 0.6 is 162 Å². The largest absolute Gasteiger partial charge is 0.477 e. The van der Waals surface area contributed by atoms with E-state index in [0.717, 1.165) is 34.9 Å². The number of esters is 1. The average molecular weight is 1770 g/mol. The van der Waals surface area contributed by atoms with E-state index in [1.165, 1.54) is 102 Å². The van der Waals surface area contributed by atoms with Crippen LogP contribution in [0.5, 0.6) is 0 Å². The monoisotopic (exact) mass is 1770 g/mol. The number of halogens is 9. The standard InChI is InChI=1S/C15H12ClN3OS.C15H11ClN2O2S.C14H8Cl2N2O2S.C14H10ClN3OS.C14H9ClN2O2S.CH4O.Cl2OS.ClH.H2/c1-17-13-8-7-12(14(20)18-2)19-15(13)21-9-10-3-5-11(16)6-4-10;1-17-12-7-8-13(15(19)20-2)18-14(12)21-9-10-3-5-11(16)6-4-10;1-17-11-6-7-12(14(19)20-16)18-13(11)21-8-9-2-4-10(15)5-3-9;1-17-12-7-6-11(13(16)19)18-14(12)20-8-9-2-4-10(15)5-3-9;1-16-11-6-7-12(14(18)19)17-13(11)20-8-9-2-4-10(15)5-3-9;1-2;1-4(2)3;;/h3-8H,9H2,2H3,(H,18,20);3-8H,9H2,2H3;2-7H,8H2;2-7H,8H2,(H2,16,19);2-7H,8H2,(H,18,19);2H,1H3;;2*1H/i;;;;;;;;1+1. The van der Waals surface area contributed by atoms with Gasteiger partial charge in [0, 0.05) is 90.8 Å². The van der Waals surface area contributed by atoms with E-state index in [9.17, 15) is 24.0 Å². The Morgan fingerprint density at radius 3 is 0.873 bits per heavy atom. The van der Waals surface area contributed by atoms with Crippen molar-refractivity contribution < 1.29 is 48.8 Å². The number of benzene rings is 5. The van der Waals surface area contributed by atoms with E-state index in [2.05, 4.69) is 84.9 Å². The molecule has 0 aliphatic rings. The van der Waals surface area contributed by atoms with Gasteiger partial charge in [-0.1, -0.05) is 149 Å². The summed E-state index contributed by atoms with van der Waals surface area (Å²) in [7, 11) is 11.2. The van der Waals surface area contributed by atoms with Crippen molar-refractivity contribution in [3.8, 4) is 0 Å². The number of methoxy groups -OCH3 is 1. The maximum Gasteiger partial charge on any atom is 0.374 e. The highest BCUT2D eigenvalue weighted by atomic mass is 36.0. The Morgan fingerprint density at radius 2 is 0.645 bits per heavy atom. The maximum atomic E-state index is 11.6. The SMILES string of the molecule is CO.Cl.O=S(Cl)Cl.[2HH].[C-]#[N+]c1ccc(C(=O)NC)nc1SCc1ccc(Cl)cc1.[C-]#[N+]c1ccc(C(=O)O)nc1SCc1ccc(Cl)cc1.[C-]#[N+]c1ccc(C(=O)OC)nc1SCc1ccc(Cl)cc1.[C-]#[N+]c1ccc(C(=O)OCl)nc1SCc1ccc(Cl)cc1.[C-]#[N+]c1ccc(C(N)=O)nc1SCc1ccc(Cl)cc1. The highest BCUT2D eigenvalue weighted by molar-refractivity contribution is 8.26. The number of nitrogens with one attached hydrogen (secondary N) is 1. The lowest BCUT2D eigenvalue weighted by Gasteiger charge is -2.06. The normalized spacial score (nSPS) is 9.71. The van der Waals surface area contributed by atoms with Crippen molar-refractivity contribution in [2.75, 3.05) is 21.3 Å². The summed E-state index contributed by atoms with van der Waals surface area (Å²) in [4.78, 5) is 94.1. The molecule has 0 fully saturated rings. The van der Waals surface area contributed by atoms with Gasteiger partial charge in [-0.2, -0.15) is 0 Å². The molecule has 5 N–H and O–H groups in total. The van der Waals surface area contributed by atoms with Crippen LogP contribution in [-0.4, -0.2) is 90.3 Å². The van der Waals surface area contributed by atoms with Crippen LogP contribution in [0.1, 0.15) is 81.7 Å². The van der Waals surface area contributed by atoms with Gasteiger partial charge in [0.1, 0.15) is 65.5 Å². The van der Waals surface area contributed by atoms with Gasteiger partial charge in [0.15, 0.2) is 0 Å². The van der Waals surface area contributed by atoms with E-state index in [-0.39, 0.29) is 42.5 Å². The number of hydrogen-bond acceptors (Lipinski definition) is 19. The van der Waals surface area contributed by atoms with Crippen LogP contribution in [0.3, 0.4) is 0 Å². The van der Waals surface area contributed by atoms with Gasteiger partial charge in [-0.05, 0) is 119 Å². The molecular formula is C73H57Cl9N12O10S6. The van der Waals surface area contributed by atoms with E-state index < -0.39 is 33.0 Å². The van der Waals surface area contributed by atoms with Crippen molar-refractivity contribution in [2.45, 2.75) is 53.9 Å². The van der Waals surface area contributed by atoms with Gasteiger partial charge in [-0.25, -0.2) is 67.7 Å². The third-order valence-electron chi connectivity index (χ3n) is 12.9. The molecule has 0 aliphatic heterocycles. The minimum Gasteiger partial charge on any atom is -0.477 e. The van der Waals surface area contributed by atoms with Gasteiger partial charge in [0.25, 0.3) is 11.8 Å². The highest BCUT2D eigenvalue weighted by Gasteiger charge is 2.17. The van der Waals surface area contributed by atoms with Gasteiger partial charge in [0.05, 0.1) is 40.0 Å². The number of aromatic carboxylic acids is 1. The lowest BCUT2D eigenvalue weighted by Crippen LogP contribution is -2.19. The summed E-state index contributed by atoms with van der Waals surface area (Å²) < 4.78 is 17.8. The molecule has 0 spiro atoms. The second-order valence-electron chi connectivity index (χ2n) is 20.0.